The highest BCUT2D eigenvalue weighted by Crippen LogP contribution is 2.28. The number of ketones is 1. The number of hydrogen-bond acceptors (Lipinski definition) is 7. The Morgan fingerprint density at radius 1 is 0.935 bits per heavy atom. The molecule has 0 aromatic heterocycles. The van der Waals surface area contributed by atoms with Crippen LogP contribution < -0.4 is 9.80 Å². The molecular formula is C22H22N4O5. The number of nitrogens with zero attached hydrogens (tertiary/aromatic N) is 4. The minimum absolute atomic E-state index is 0.0263. The molecule has 1 atom stereocenters. The molecule has 2 aliphatic heterocycles. The second-order valence-corrected chi connectivity index (χ2v) is 7.69. The van der Waals surface area contributed by atoms with Crippen molar-refractivity contribution >= 4 is 34.7 Å². The maximum atomic E-state index is 13.0. The molecule has 9 nitrogen and oxygen atoms in total. The lowest BCUT2D eigenvalue weighted by atomic mass is 10.1. The Labute approximate surface area is 179 Å². The number of nitro groups is 1. The summed E-state index contributed by atoms with van der Waals surface area (Å²) in [7, 11) is 0. The average Bonchev–Trinajstić information content (AvgIpc) is 3.08. The zero-order valence-electron chi connectivity index (χ0n) is 17.1. The maximum absolute atomic E-state index is 13.0. The fourth-order valence-electron chi connectivity index (χ4n) is 4.09. The summed E-state index contributed by atoms with van der Waals surface area (Å²) >= 11 is 0. The summed E-state index contributed by atoms with van der Waals surface area (Å²) in [6, 6.07) is 12.4. The van der Waals surface area contributed by atoms with Crippen LogP contribution in [0.1, 0.15) is 23.7 Å². The van der Waals surface area contributed by atoms with Gasteiger partial charge in [-0.25, -0.2) is 4.90 Å². The van der Waals surface area contributed by atoms with Gasteiger partial charge in [0.2, 0.25) is 5.91 Å². The van der Waals surface area contributed by atoms with E-state index in [1.165, 1.54) is 31.2 Å². The van der Waals surface area contributed by atoms with Gasteiger partial charge in [0.25, 0.3) is 11.6 Å². The number of rotatable bonds is 5. The van der Waals surface area contributed by atoms with Crippen molar-refractivity contribution in [2.24, 2.45) is 0 Å². The van der Waals surface area contributed by atoms with E-state index in [9.17, 15) is 24.5 Å². The Morgan fingerprint density at radius 3 is 2.06 bits per heavy atom. The number of anilines is 2. The largest absolute Gasteiger partial charge is 0.369 e. The number of benzene rings is 2. The average molecular weight is 422 g/mol. The summed E-state index contributed by atoms with van der Waals surface area (Å²) < 4.78 is 0. The predicted octanol–water partition coefficient (Wildman–Crippen LogP) is 2.25. The van der Waals surface area contributed by atoms with Crippen LogP contribution in [-0.4, -0.2) is 59.6 Å². The van der Waals surface area contributed by atoms with Crippen LogP contribution in [0.4, 0.5) is 17.1 Å². The molecule has 0 saturated carbocycles. The first kappa shape index (κ1) is 20.7. The molecular weight excluding hydrogens is 400 g/mol. The zero-order chi connectivity index (χ0) is 22.1. The monoisotopic (exact) mass is 422 g/mol. The van der Waals surface area contributed by atoms with Crippen LogP contribution in [0.25, 0.3) is 0 Å². The Kier molecular flexibility index (Phi) is 5.51. The number of carbonyl (C=O) groups is 3. The van der Waals surface area contributed by atoms with Crippen LogP contribution in [0.5, 0.6) is 0 Å². The van der Waals surface area contributed by atoms with E-state index in [0.29, 0.717) is 37.4 Å². The van der Waals surface area contributed by atoms with Crippen molar-refractivity contribution in [3.8, 4) is 0 Å². The molecule has 2 aromatic rings. The van der Waals surface area contributed by atoms with Crippen molar-refractivity contribution < 1.29 is 19.3 Å². The van der Waals surface area contributed by atoms with Gasteiger partial charge in [0.05, 0.1) is 23.1 Å². The topological polar surface area (TPSA) is 104 Å². The quantitative estimate of drug-likeness (QED) is 0.315. The van der Waals surface area contributed by atoms with E-state index in [-0.39, 0.29) is 29.7 Å². The first-order chi connectivity index (χ1) is 14.8. The van der Waals surface area contributed by atoms with E-state index in [1.54, 1.807) is 0 Å². The van der Waals surface area contributed by atoms with Gasteiger partial charge < -0.3 is 4.90 Å². The molecule has 2 aromatic carbocycles. The molecule has 0 bridgehead atoms. The smallest absolute Gasteiger partial charge is 0.269 e. The second-order valence-electron chi connectivity index (χ2n) is 7.69. The molecule has 0 aliphatic carbocycles. The Balaban J connectivity index is 1.41. The molecule has 0 spiro atoms. The minimum atomic E-state index is -0.523. The molecule has 31 heavy (non-hydrogen) atoms. The number of carbonyl (C=O) groups excluding carboxylic acids is 3. The summed E-state index contributed by atoms with van der Waals surface area (Å²) in [4.78, 5) is 52.6. The normalized spacial score (nSPS) is 19.7. The lowest BCUT2D eigenvalue weighted by Gasteiger charge is -2.38. The highest BCUT2D eigenvalue weighted by atomic mass is 16.6. The van der Waals surface area contributed by atoms with Crippen LogP contribution in [0.15, 0.2) is 48.5 Å². The highest BCUT2D eigenvalue weighted by Gasteiger charge is 2.43. The number of hydrogen-bond donors (Lipinski definition) is 0. The van der Waals surface area contributed by atoms with Gasteiger partial charge in [0, 0.05) is 49.6 Å². The Bertz CT molecular complexity index is 1030. The molecule has 0 unspecified atom stereocenters. The number of amides is 2. The van der Waals surface area contributed by atoms with E-state index in [2.05, 4.69) is 4.90 Å². The van der Waals surface area contributed by atoms with Crippen LogP contribution in [-0.2, 0) is 9.59 Å². The lowest BCUT2D eigenvalue weighted by molar-refractivity contribution is -0.384. The molecule has 2 aliphatic rings. The van der Waals surface area contributed by atoms with Crippen LogP contribution in [0.3, 0.4) is 0 Å². The maximum Gasteiger partial charge on any atom is 0.269 e. The minimum Gasteiger partial charge on any atom is -0.369 e. The molecule has 2 amide bonds. The van der Waals surface area contributed by atoms with Gasteiger partial charge in [-0.1, -0.05) is 0 Å². The van der Waals surface area contributed by atoms with E-state index in [4.69, 9.17) is 0 Å². The predicted molar refractivity (Wildman–Crippen MR) is 114 cm³/mol. The number of imide groups is 1. The van der Waals surface area contributed by atoms with Crippen molar-refractivity contribution in [3.05, 3.63) is 64.2 Å². The van der Waals surface area contributed by atoms with Crippen molar-refractivity contribution in [1.29, 1.82) is 0 Å². The second kappa shape index (κ2) is 8.27. The van der Waals surface area contributed by atoms with Gasteiger partial charge in [0.1, 0.15) is 0 Å². The highest BCUT2D eigenvalue weighted by molar-refractivity contribution is 6.22. The summed E-state index contributed by atoms with van der Waals surface area (Å²) in [5.74, 6) is -0.567. The summed E-state index contributed by atoms with van der Waals surface area (Å²) in [6.07, 6.45) is 0.100. The molecule has 0 radical (unpaired) electrons. The van der Waals surface area contributed by atoms with Gasteiger partial charge in [-0.2, -0.15) is 0 Å². The summed E-state index contributed by atoms with van der Waals surface area (Å²) in [5, 5.41) is 10.8. The first-order valence-corrected chi connectivity index (χ1v) is 10.1. The van der Waals surface area contributed by atoms with Crippen LogP contribution >= 0.6 is 0 Å². The fraction of sp³-hybridized carbons (Fsp3) is 0.318. The number of piperazine rings is 1. The summed E-state index contributed by atoms with van der Waals surface area (Å²) in [6.45, 7) is 4.20. The lowest BCUT2D eigenvalue weighted by Crippen LogP contribution is -2.52. The molecule has 2 heterocycles. The molecule has 0 N–H and O–H groups in total. The van der Waals surface area contributed by atoms with Gasteiger partial charge in [-0.05, 0) is 43.3 Å². The number of Topliss-reactive ketones (excluding diaryl/α,β-unsaturated/α-hetero) is 1. The van der Waals surface area contributed by atoms with Crippen molar-refractivity contribution in [2.45, 2.75) is 19.4 Å². The van der Waals surface area contributed by atoms with Gasteiger partial charge >= 0.3 is 0 Å². The van der Waals surface area contributed by atoms with Crippen LogP contribution in [0, 0.1) is 10.1 Å². The van der Waals surface area contributed by atoms with Crippen molar-refractivity contribution in [2.75, 3.05) is 36.0 Å². The standard InChI is InChI=1S/C22H22N4O5/c1-15(27)16-2-4-17(5-3-16)23-10-12-24(13-11-23)20-14-21(28)25(22(20)29)18-6-8-19(9-7-18)26(30)31/h2-9,20H,10-14H2,1H3/t20-/m0/s1. The van der Waals surface area contributed by atoms with E-state index >= 15 is 0 Å². The van der Waals surface area contributed by atoms with E-state index in [0.717, 1.165) is 10.6 Å². The molecule has 2 saturated heterocycles. The molecule has 160 valence electrons. The van der Waals surface area contributed by atoms with E-state index < -0.39 is 11.0 Å². The number of nitro benzene ring substituents is 1. The van der Waals surface area contributed by atoms with Crippen molar-refractivity contribution in [1.82, 2.24) is 4.90 Å². The third-order valence-corrected chi connectivity index (χ3v) is 5.84. The number of non-ortho nitro benzene ring substituents is 1. The van der Waals surface area contributed by atoms with Crippen molar-refractivity contribution in [3.63, 3.8) is 0 Å². The third-order valence-electron chi connectivity index (χ3n) is 5.84. The van der Waals surface area contributed by atoms with Gasteiger partial charge in [0.15, 0.2) is 5.78 Å². The zero-order valence-corrected chi connectivity index (χ0v) is 17.1. The third kappa shape index (κ3) is 4.04. The van der Waals surface area contributed by atoms with Crippen LogP contribution in [0.2, 0.25) is 0 Å². The summed E-state index contributed by atoms with van der Waals surface area (Å²) in [5.41, 5.74) is 1.95. The molecule has 4 rings (SSSR count). The Morgan fingerprint density at radius 2 is 1.52 bits per heavy atom. The Hall–Kier alpha value is -3.59. The SMILES string of the molecule is CC(=O)c1ccc(N2CCN([C@H]3CC(=O)N(c4ccc([N+](=O)[O-])cc4)C3=O)CC2)cc1. The van der Waals surface area contributed by atoms with Gasteiger partial charge in [-0.3, -0.25) is 29.4 Å². The fourth-order valence-corrected chi connectivity index (χ4v) is 4.09. The molecule has 9 heteroatoms. The first-order valence-electron chi connectivity index (χ1n) is 10.1. The molecule has 2 fully saturated rings. The van der Waals surface area contributed by atoms with E-state index in [1.807, 2.05) is 29.2 Å². The van der Waals surface area contributed by atoms with Gasteiger partial charge in [-0.15, -0.1) is 0 Å².